The zero-order chi connectivity index (χ0) is 19.6. The summed E-state index contributed by atoms with van der Waals surface area (Å²) in [6.07, 6.45) is 0.492. The number of nitrogens with zero attached hydrogens (tertiary/aromatic N) is 1. The fourth-order valence-corrected chi connectivity index (χ4v) is 3.28. The lowest BCUT2D eigenvalue weighted by Gasteiger charge is -2.37. The predicted molar refractivity (Wildman–Crippen MR) is 108 cm³/mol. The minimum absolute atomic E-state index is 0.150. The van der Waals surface area contributed by atoms with Crippen LogP contribution in [0, 0.1) is 0 Å². The number of hydrogen-bond acceptors (Lipinski definition) is 2. The van der Waals surface area contributed by atoms with Gasteiger partial charge in [-0.1, -0.05) is 35.9 Å². The van der Waals surface area contributed by atoms with Gasteiger partial charge < -0.3 is 15.5 Å². The second kappa shape index (κ2) is 7.61. The smallest absolute Gasteiger partial charge is 0.322 e. The minimum atomic E-state index is -0.563. The maximum absolute atomic E-state index is 12.9. The number of benzene rings is 2. The fourth-order valence-electron chi connectivity index (χ4n) is 3.15. The molecule has 2 aromatic carbocycles. The fraction of sp³-hybridized carbons (Fsp3) is 0.333. The molecular weight excluding hydrogens is 362 g/mol. The molecule has 3 rings (SSSR count). The number of urea groups is 1. The lowest BCUT2D eigenvalue weighted by atomic mass is 9.93. The highest BCUT2D eigenvalue weighted by Crippen LogP contribution is 2.25. The Morgan fingerprint density at radius 3 is 2.30 bits per heavy atom. The molecule has 0 bridgehead atoms. The Labute approximate surface area is 164 Å². The Hall–Kier alpha value is -2.53. The molecule has 1 aliphatic heterocycles. The summed E-state index contributed by atoms with van der Waals surface area (Å²) in [7, 11) is 0. The number of carbonyl (C=O) groups is 2. The SMILES string of the molecule is CC(C)(C)NC(=O)C1Cc2ccccc2CN1C(=O)Nc1ccc(Cl)cc1. The first kappa shape index (κ1) is 19.2. The summed E-state index contributed by atoms with van der Waals surface area (Å²) in [6.45, 7) is 6.18. The predicted octanol–water partition coefficient (Wildman–Crippen LogP) is 4.21. The van der Waals surface area contributed by atoms with Crippen molar-refractivity contribution in [2.45, 2.75) is 45.3 Å². The van der Waals surface area contributed by atoms with Crippen LogP contribution in [0.5, 0.6) is 0 Å². The summed E-state index contributed by atoms with van der Waals surface area (Å²) >= 11 is 5.90. The molecule has 5 nitrogen and oxygen atoms in total. The van der Waals surface area contributed by atoms with Crippen molar-refractivity contribution in [1.82, 2.24) is 10.2 Å². The van der Waals surface area contributed by atoms with E-state index in [0.29, 0.717) is 23.7 Å². The number of rotatable bonds is 2. The van der Waals surface area contributed by atoms with Crippen LogP contribution in [0.4, 0.5) is 10.5 Å². The van der Waals surface area contributed by atoms with E-state index in [4.69, 9.17) is 11.6 Å². The third-order valence-corrected chi connectivity index (χ3v) is 4.66. The summed E-state index contributed by atoms with van der Waals surface area (Å²) in [5.74, 6) is -0.150. The molecular formula is C21H24ClN3O2. The van der Waals surface area contributed by atoms with Crippen molar-refractivity contribution in [3.05, 3.63) is 64.7 Å². The highest BCUT2D eigenvalue weighted by atomic mass is 35.5. The molecule has 142 valence electrons. The van der Waals surface area contributed by atoms with Crippen molar-refractivity contribution in [1.29, 1.82) is 0 Å². The van der Waals surface area contributed by atoms with E-state index >= 15 is 0 Å². The van der Waals surface area contributed by atoms with E-state index in [9.17, 15) is 9.59 Å². The van der Waals surface area contributed by atoms with Crippen LogP contribution in [0.3, 0.4) is 0 Å². The largest absolute Gasteiger partial charge is 0.350 e. The number of nitrogens with one attached hydrogen (secondary N) is 2. The normalized spacial score (nSPS) is 16.4. The molecule has 0 aliphatic carbocycles. The first-order valence-corrected chi connectivity index (χ1v) is 9.33. The van der Waals surface area contributed by atoms with Gasteiger partial charge in [0.25, 0.3) is 0 Å². The van der Waals surface area contributed by atoms with E-state index < -0.39 is 6.04 Å². The Morgan fingerprint density at radius 2 is 1.67 bits per heavy atom. The highest BCUT2D eigenvalue weighted by molar-refractivity contribution is 6.30. The van der Waals surface area contributed by atoms with E-state index in [1.165, 1.54) is 0 Å². The molecule has 1 unspecified atom stereocenters. The van der Waals surface area contributed by atoms with Crippen molar-refractivity contribution < 1.29 is 9.59 Å². The highest BCUT2D eigenvalue weighted by Gasteiger charge is 2.35. The summed E-state index contributed by atoms with van der Waals surface area (Å²) < 4.78 is 0. The number of anilines is 1. The molecule has 0 saturated heterocycles. The summed E-state index contributed by atoms with van der Waals surface area (Å²) in [5.41, 5.74) is 2.43. The van der Waals surface area contributed by atoms with Gasteiger partial charge in [0, 0.05) is 29.2 Å². The summed E-state index contributed by atoms with van der Waals surface area (Å²) in [5, 5.41) is 6.46. The van der Waals surface area contributed by atoms with Crippen LogP contribution in [-0.2, 0) is 17.8 Å². The van der Waals surface area contributed by atoms with Crippen molar-refractivity contribution >= 4 is 29.2 Å². The van der Waals surface area contributed by atoms with Crippen LogP contribution in [0.1, 0.15) is 31.9 Å². The maximum atomic E-state index is 12.9. The van der Waals surface area contributed by atoms with Crippen LogP contribution < -0.4 is 10.6 Å². The van der Waals surface area contributed by atoms with E-state index in [-0.39, 0.29) is 17.5 Å². The van der Waals surface area contributed by atoms with E-state index in [0.717, 1.165) is 11.1 Å². The molecule has 0 radical (unpaired) electrons. The van der Waals surface area contributed by atoms with Crippen molar-refractivity contribution in [3.8, 4) is 0 Å². The van der Waals surface area contributed by atoms with Gasteiger partial charge in [0.2, 0.25) is 5.91 Å². The molecule has 27 heavy (non-hydrogen) atoms. The van der Waals surface area contributed by atoms with Crippen molar-refractivity contribution in [2.24, 2.45) is 0 Å². The van der Waals surface area contributed by atoms with Gasteiger partial charge in [0.05, 0.1) is 0 Å². The minimum Gasteiger partial charge on any atom is -0.350 e. The number of halogens is 1. The van der Waals surface area contributed by atoms with Crippen LogP contribution in [0.15, 0.2) is 48.5 Å². The average Bonchev–Trinajstić information content (AvgIpc) is 2.61. The van der Waals surface area contributed by atoms with Crippen LogP contribution in [-0.4, -0.2) is 28.4 Å². The molecule has 2 aromatic rings. The Bertz CT molecular complexity index is 843. The molecule has 0 aromatic heterocycles. The molecule has 0 saturated carbocycles. The maximum Gasteiger partial charge on any atom is 0.322 e. The topological polar surface area (TPSA) is 61.4 Å². The van der Waals surface area contributed by atoms with Gasteiger partial charge >= 0.3 is 6.03 Å². The second-order valence-electron chi connectivity index (χ2n) is 7.79. The van der Waals surface area contributed by atoms with Crippen LogP contribution in [0.2, 0.25) is 5.02 Å². The second-order valence-corrected chi connectivity index (χ2v) is 8.23. The molecule has 1 heterocycles. The lowest BCUT2D eigenvalue weighted by Crippen LogP contribution is -2.56. The number of carbonyl (C=O) groups excluding carboxylic acids is 2. The van der Waals surface area contributed by atoms with E-state index in [1.54, 1.807) is 29.2 Å². The molecule has 1 aliphatic rings. The molecule has 1 atom stereocenters. The zero-order valence-electron chi connectivity index (χ0n) is 15.8. The third-order valence-electron chi connectivity index (χ3n) is 4.41. The molecule has 0 fully saturated rings. The van der Waals surface area contributed by atoms with E-state index in [1.807, 2.05) is 45.0 Å². The van der Waals surface area contributed by atoms with E-state index in [2.05, 4.69) is 10.6 Å². The first-order chi connectivity index (χ1) is 12.7. The molecule has 0 spiro atoms. The van der Waals surface area contributed by atoms with Gasteiger partial charge in [-0.15, -0.1) is 0 Å². The van der Waals surface area contributed by atoms with Crippen LogP contribution >= 0.6 is 11.6 Å². The Kier molecular flexibility index (Phi) is 5.42. The van der Waals surface area contributed by atoms with Gasteiger partial charge in [-0.2, -0.15) is 0 Å². The van der Waals surface area contributed by atoms with Crippen molar-refractivity contribution in [3.63, 3.8) is 0 Å². The van der Waals surface area contributed by atoms with Gasteiger partial charge in [-0.25, -0.2) is 4.79 Å². The Morgan fingerprint density at radius 1 is 1.04 bits per heavy atom. The lowest BCUT2D eigenvalue weighted by molar-refractivity contribution is -0.127. The van der Waals surface area contributed by atoms with Crippen molar-refractivity contribution in [2.75, 3.05) is 5.32 Å². The monoisotopic (exact) mass is 385 g/mol. The van der Waals surface area contributed by atoms with Gasteiger partial charge in [0.1, 0.15) is 6.04 Å². The quantitative estimate of drug-likeness (QED) is 0.813. The average molecular weight is 386 g/mol. The Balaban J connectivity index is 1.85. The summed E-state index contributed by atoms with van der Waals surface area (Å²) in [4.78, 5) is 27.4. The van der Waals surface area contributed by atoms with Gasteiger partial charge in [-0.05, 0) is 56.2 Å². The van der Waals surface area contributed by atoms with Gasteiger partial charge in [0.15, 0.2) is 0 Å². The molecule has 6 heteroatoms. The first-order valence-electron chi connectivity index (χ1n) is 8.95. The zero-order valence-corrected chi connectivity index (χ0v) is 16.5. The van der Waals surface area contributed by atoms with Crippen LogP contribution in [0.25, 0.3) is 0 Å². The molecule has 2 N–H and O–H groups in total. The third kappa shape index (κ3) is 4.80. The number of amides is 3. The standard InChI is InChI=1S/C21H24ClN3O2/c1-21(2,3)24-19(26)18-12-14-6-4-5-7-15(14)13-25(18)20(27)23-17-10-8-16(22)9-11-17/h4-11,18H,12-13H2,1-3H3,(H,23,27)(H,24,26). The van der Waals surface area contributed by atoms with Gasteiger partial charge in [-0.3, -0.25) is 4.79 Å². The molecule has 3 amide bonds. The summed E-state index contributed by atoms with van der Waals surface area (Å²) in [6, 6.07) is 14.0. The number of fused-ring (bicyclic) bond motifs is 1. The number of hydrogen-bond donors (Lipinski definition) is 2.